The van der Waals surface area contributed by atoms with Gasteiger partial charge >= 0.3 is 0 Å². The molecule has 0 saturated carbocycles. The van der Waals surface area contributed by atoms with E-state index in [-0.39, 0.29) is 11.6 Å². The highest BCUT2D eigenvalue weighted by Crippen LogP contribution is 2.19. The topological polar surface area (TPSA) is 81.0 Å². The molecule has 0 amide bonds. The Morgan fingerprint density at radius 1 is 1.33 bits per heavy atom. The van der Waals surface area contributed by atoms with Crippen LogP contribution in [-0.4, -0.2) is 16.6 Å². The zero-order valence-corrected chi connectivity index (χ0v) is 12.6. The molecule has 1 aromatic carbocycles. The Balaban J connectivity index is 2.03. The van der Waals surface area contributed by atoms with Gasteiger partial charge in [0.05, 0.1) is 12.3 Å². The van der Waals surface area contributed by atoms with E-state index in [1.54, 1.807) is 6.92 Å². The van der Waals surface area contributed by atoms with Crippen molar-refractivity contribution in [1.29, 1.82) is 0 Å². The largest absolute Gasteiger partial charge is 0.493 e. The van der Waals surface area contributed by atoms with Crippen LogP contribution in [0.4, 0.5) is 0 Å². The van der Waals surface area contributed by atoms with Crippen molar-refractivity contribution in [1.82, 2.24) is 9.97 Å². The fourth-order valence-corrected chi connectivity index (χ4v) is 2.00. The van der Waals surface area contributed by atoms with Crippen molar-refractivity contribution in [2.75, 3.05) is 6.61 Å². The van der Waals surface area contributed by atoms with Gasteiger partial charge in [-0.25, -0.2) is 4.98 Å². The Bertz CT molecular complexity index is 677. The van der Waals surface area contributed by atoms with Crippen molar-refractivity contribution < 1.29 is 4.74 Å². The number of nitrogens with two attached hydrogens (primary N) is 1. The Kier molecular flexibility index (Phi) is 4.75. The summed E-state index contributed by atoms with van der Waals surface area (Å²) in [6.45, 7) is 6.29. The van der Waals surface area contributed by atoms with Crippen LogP contribution in [0.15, 0.2) is 29.1 Å². The molecule has 0 saturated heterocycles. The van der Waals surface area contributed by atoms with Gasteiger partial charge in [-0.05, 0) is 38.0 Å². The molecule has 1 atom stereocenters. The quantitative estimate of drug-likeness (QED) is 0.881. The molecule has 0 spiro atoms. The van der Waals surface area contributed by atoms with Crippen molar-refractivity contribution in [3.05, 3.63) is 57.3 Å². The van der Waals surface area contributed by atoms with Gasteiger partial charge in [0.1, 0.15) is 11.6 Å². The maximum absolute atomic E-state index is 11.6. The monoisotopic (exact) mass is 287 g/mol. The molecule has 1 heterocycles. The predicted molar refractivity (Wildman–Crippen MR) is 82.6 cm³/mol. The fraction of sp³-hybridized carbons (Fsp3) is 0.375. The molecule has 0 bridgehead atoms. The normalized spacial score (nSPS) is 12.2. The van der Waals surface area contributed by atoms with Crippen LogP contribution in [0.25, 0.3) is 0 Å². The van der Waals surface area contributed by atoms with Crippen molar-refractivity contribution in [3.63, 3.8) is 0 Å². The minimum absolute atomic E-state index is 0.181. The minimum Gasteiger partial charge on any atom is -0.493 e. The van der Waals surface area contributed by atoms with Crippen LogP contribution in [0.1, 0.15) is 35.6 Å². The molecule has 21 heavy (non-hydrogen) atoms. The first-order valence-corrected chi connectivity index (χ1v) is 7.01. The number of nitrogens with one attached hydrogen (secondary N) is 1. The number of rotatable bonds is 5. The van der Waals surface area contributed by atoms with Crippen LogP contribution in [0, 0.1) is 13.8 Å². The summed E-state index contributed by atoms with van der Waals surface area (Å²) in [5.41, 5.74) is 8.42. The highest BCUT2D eigenvalue weighted by molar-refractivity contribution is 5.35. The molecule has 3 N–H and O–H groups in total. The maximum Gasteiger partial charge on any atom is 0.251 e. The molecule has 5 heteroatoms. The highest BCUT2D eigenvalue weighted by Gasteiger charge is 2.06. The summed E-state index contributed by atoms with van der Waals surface area (Å²) in [5, 5.41) is 0. The molecule has 1 aromatic heterocycles. The zero-order valence-electron chi connectivity index (χ0n) is 12.6. The summed E-state index contributed by atoms with van der Waals surface area (Å²) in [5.74, 6) is 1.46. The first kappa shape index (κ1) is 15.3. The summed E-state index contributed by atoms with van der Waals surface area (Å²) < 4.78 is 5.77. The average Bonchev–Trinajstić information content (AvgIpc) is 2.42. The molecule has 0 aliphatic rings. The van der Waals surface area contributed by atoms with Crippen LogP contribution in [0.2, 0.25) is 0 Å². The first-order valence-electron chi connectivity index (χ1n) is 7.01. The van der Waals surface area contributed by atoms with Crippen LogP contribution >= 0.6 is 0 Å². The minimum atomic E-state index is -0.258. The van der Waals surface area contributed by atoms with E-state index in [9.17, 15) is 4.79 Å². The van der Waals surface area contributed by atoms with E-state index in [2.05, 4.69) is 9.97 Å². The number of nitrogens with zero attached hydrogens (tertiary/aromatic N) is 1. The number of hydrogen-bond donors (Lipinski definition) is 2. The van der Waals surface area contributed by atoms with Gasteiger partial charge in [0, 0.05) is 18.5 Å². The van der Waals surface area contributed by atoms with Gasteiger partial charge in [-0.3, -0.25) is 4.79 Å². The zero-order chi connectivity index (χ0) is 15.4. The lowest BCUT2D eigenvalue weighted by Crippen LogP contribution is -2.18. The van der Waals surface area contributed by atoms with Gasteiger partial charge < -0.3 is 15.5 Å². The van der Waals surface area contributed by atoms with E-state index in [0.717, 1.165) is 16.9 Å². The average molecular weight is 287 g/mol. The van der Waals surface area contributed by atoms with E-state index in [1.807, 2.05) is 32.0 Å². The number of ether oxygens (including phenoxy) is 1. The molecule has 5 nitrogen and oxygen atoms in total. The van der Waals surface area contributed by atoms with Gasteiger partial charge in [0.2, 0.25) is 0 Å². The molecule has 0 aliphatic heterocycles. The van der Waals surface area contributed by atoms with Gasteiger partial charge in [0.25, 0.3) is 5.56 Å². The maximum atomic E-state index is 11.6. The second-order valence-corrected chi connectivity index (χ2v) is 5.27. The number of H-pyrrole nitrogens is 1. The number of aromatic nitrogens is 2. The van der Waals surface area contributed by atoms with Crippen LogP contribution in [-0.2, 0) is 6.42 Å². The number of benzene rings is 1. The number of aryl methyl sites for hydroxylation is 2. The third-order valence-electron chi connectivity index (χ3n) is 3.22. The Hall–Kier alpha value is -2.14. The summed E-state index contributed by atoms with van der Waals surface area (Å²) in [4.78, 5) is 18.6. The molecule has 0 aliphatic carbocycles. The SMILES string of the molecule is Cc1ccc(C)c(OCCc2nc(C(C)N)cc(=O)[nH]2)c1. The lowest BCUT2D eigenvalue weighted by Gasteiger charge is -2.10. The molecular formula is C16H21N3O2. The van der Waals surface area contributed by atoms with E-state index in [0.29, 0.717) is 24.5 Å². The van der Waals surface area contributed by atoms with E-state index >= 15 is 0 Å². The first-order chi connectivity index (χ1) is 9.95. The summed E-state index contributed by atoms with van der Waals surface area (Å²) in [6, 6.07) is 7.25. The number of hydrogen-bond acceptors (Lipinski definition) is 4. The smallest absolute Gasteiger partial charge is 0.251 e. The molecule has 112 valence electrons. The Labute approximate surface area is 124 Å². The molecule has 0 fully saturated rings. The van der Waals surface area contributed by atoms with Crippen LogP contribution in [0.3, 0.4) is 0 Å². The Morgan fingerprint density at radius 3 is 2.81 bits per heavy atom. The lowest BCUT2D eigenvalue weighted by atomic mass is 10.1. The second kappa shape index (κ2) is 6.54. The third-order valence-corrected chi connectivity index (χ3v) is 3.22. The molecule has 1 unspecified atom stereocenters. The Morgan fingerprint density at radius 2 is 2.10 bits per heavy atom. The van der Waals surface area contributed by atoms with Crippen LogP contribution < -0.4 is 16.0 Å². The second-order valence-electron chi connectivity index (χ2n) is 5.27. The molecule has 0 radical (unpaired) electrons. The van der Waals surface area contributed by atoms with Gasteiger partial charge in [-0.15, -0.1) is 0 Å². The van der Waals surface area contributed by atoms with Crippen LogP contribution in [0.5, 0.6) is 5.75 Å². The standard InChI is InChI=1S/C16H21N3O2/c1-10-4-5-11(2)14(8-10)21-7-6-15-18-13(12(3)17)9-16(20)19-15/h4-5,8-9,12H,6-7,17H2,1-3H3,(H,18,19,20). The van der Waals surface area contributed by atoms with Gasteiger partial charge in [0.15, 0.2) is 0 Å². The summed E-state index contributed by atoms with van der Waals surface area (Å²) in [6.07, 6.45) is 0.531. The summed E-state index contributed by atoms with van der Waals surface area (Å²) >= 11 is 0. The molecular weight excluding hydrogens is 266 g/mol. The van der Waals surface area contributed by atoms with E-state index in [1.165, 1.54) is 6.07 Å². The van der Waals surface area contributed by atoms with Crippen molar-refractivity contribution in [2.24, 2.45) is 5.73 Å². The lowest BCUT2D eigenvalue weighted by molar-refractivity contribution is 0.316. The van der Waals surface area contributed by atoms with E-state index < -0.39 is 0 Å². The molecule has 2 rings (SSSR count). The van der Waals surface area contributed by atoms with Crippen molar-refractivity contribution in [2.45, 2.75) is 33.2 Å². The van der Waals surface area contributed by atoms with Crippen molar-refractivity contribution in [3.8, 4) is 5.75 Å². The molecule has 2 aromatic rings. The van der Waals surface area contributed by atoms with Gasteiger partial charge in [-0.2, -0.15) is 0 Å². The van der Waals surface area contributed by atoms with Gasteiger partial charge in [-0.1, -0.05) is 12.1 Å². The van der Waals surface area contributed by atoms with E-state index in [4.69, 9.17) is 10.5 Å². The third kappa shape index (κ3) is 4.16. The fourth-order valence-electron chi connectivity index (χ4n) is 2.00. The highest BCUT2D eigenvalue weighted by atomic mass is 16.5. The van der Waals surface area contributed by atoms with Crippen molar-refractivity contribution >= 4 is 0 Å². The number of aromatic amines is 1. The predicted octanol–water partition coefficient (Wildman–Crippen LogP) is 2.03. The summed E-state index contributed by atoms with van der Waals surface area (Å²) in [7, 11) is 0.